The average molecular weight is 1010 g/mol. The summed E-state index contributed by atoms with van der Waals surface area (Å²) >= 11 is 1.87. The van der Waals surface area contributed by atoms with Gasteiger partial charge in [-0.3, -0.25) is 24.5 Å². The van der Waals surface area contributed by atoms with E-state index in [1.165, 1.54) is 185 Å². The van der Waals surface area contributed by atoms with Gasteiger partial charge < -0.3 is 29.4 Å². The van der Waals surface area contributed by atoms with Gasteiger partial charge in [0.1, 0.15) is 0 Å². The van der Waals surface area contributed by atoms with E-state index in [0.29, 0.717) is 17.0 Å². The molecule has 2 aromatic rings. The van der Waals surface area contributed by atoms with Crippen molar-refractivity contribution in [1.29, 1.82) is 0 Å². The summed E-state index contributed by atoms with van der Waals surface area (Å²) in [6, 6.07) is 7.13. The van der Waals surface area contributed by atoms with Crippen molar-refractivity contribution in [2.45, 2.75) is 132 Å². The molecule has 8 heterocycles. The highest BCUT2D eigenvalue weighted by molar-refractivity contribution is 7.14. The van der Waals surface area contributed by atoms with Crippen LogP contribution < -0.4 is 10.2 Å². The average Bonchev–Trinajstić information content (AvgIpc) is 3.67. The third-order valence-corrected chi connectivity index (χ3v) is 16.7. The lowest BCUT2D eigenvalue weighted by Gasteiger charge is -2.59. The van der Waals surface area contributed by atoms with Crippen molar-refractivity contribution in [3.63, 3.8) is 0 Å². The summed E-state index contributed by atoms with van der Waals surface area (Å²) in [6.45, 7) is 48.5. The Bertz CT molecular complexity index is 1620. The van der Waals surface area contributed by atoms with Crippen LogP contribution in [0.2, 0.25) is 0 Å². The second-order valence-electron chi connectivity index (χ2n) is 21.1. The number of hydrogen-bond acceptors (Lipinski definition) is 11. The summed E-state index contributed by atoms with van der Waals surface area (Å²) in [5.74, 6) is 2.78. The van der Waals surface area contributed by atoms with E-state index < -0.39 is 0 Å². The van der Waals surface area contributed by atoms with Crippen molar-refractivity contribution >= 4 is 29.3 Å². The highest BCUT2D eigenvalue weighted by Gasteiger charge is 2.53. The Morgan fingerprint density at radius 3 is 1.80 bits per heavy atom. The van der Waals surface area contributed by atoms with Crippen LogP contribution in [0.3, 0.4) is 0 Å². The molecule has 2 saturated carbocycles. The third kappa shape index (κ3) is 20.6. The Kier molecular flexibility index (Phi) is 30.2. The fourth-order valence-electron chi connectivity index (χ4n) is 11.3. The standard InChI is InChI=1S/C16H27N5.C16H26N4.C16H28N3S.5C2H6/c1-17-5-2-6-18-14-16(3-4-16)21-9-7-20(8-10-21)13-15-11-19-12-15;1-18-7-3-14(4-8-18)11-19-12-16(13-19)9-15(10-16)20-6-2-5-17-20;1-19(2)11-5-15(6-12-19)14-17-7-9-18(10-8-17)16-4-3-13-20-16;5*1-2/h2,5-6,15,19H,1,3-4,7-14H2;2,5-6,14-15H,3-4,7-13H2,1H3;3-4,13,15H,5-12,14H2,1-2H3;5*1-2H3/q;;+1;;;;;/b5-2-,18-6?;;;;;;;. The fraction of sp³-hybridized carbons (Fsp3) is 0.810. The smallest absolute Gasteiger partial charge is 0.0909 e. The summed E-state index contributed by atoms with van der Waals surface area (Å²) in [5, 5.41) is 11.4. The van der Waals surface area contributed by atoms with Crippen LogP contribution >= 0.6 is 11.3 Å². The van der Waals surface area contributed by atoms with Gasteiger partial charge in [0, 0.05) is 141 Å². The van der Waals surface area contributed by atoms with Gasteiger partial charge in [-0.05, 0) is 118 Å². The molecule has 13 heteroatoms. The summed E-state index contributed by atoms with van der Waals surface area (Å²) in [7, 11) is 6.99. The topological polar surface area (TPSA) is 74.0 Å². The number of thiophene rings is 1. The summed E-state index contributed by atoms with van der Waals surface area (Å²) in [5.41, 5.74) is 1.03. The maximum atomic E-state index is 4.54. The van der Waals surface area contributed by atoms with Crippen molar-refractivity contribution < 1.29 is 4.48 Å². The van der Waals surface area contributed by atoms with Gasteiger partial charge >= 0.3 is 0 Å². The van der Waals surface area contributed by atoms with Crippen LogP contribution in [0, 0.1) is 23.2 Å². The van der Waals surface area contributed by atoms with Gasteiger partial charge in [-0.15, -0.1) is 11.3 Å². The zero-order valence-corrected chi connectivity index (χ0v) is 49.2. The largest absolute Gasteiger partial charge is 0.361 e. The molecule has 71 heavy (non-hydrogen) atoms. The molecule has 0 radical (unpaired) electrons. The SMILES string of the molecule is C=N/C=C\C=NCC1(N2CCN(CC3CNC3)CC2)CC1.CC.CC.CC.CC.CC.CN1CCC(CN2CC3(CC(n4cccn4)C3)C2)CC1.C[N+]1(C)CCC(CN2CCN(c3cccs3)CC2)CC1. The first-order valence-electron chi connectivity index (χ1n) is 29.2. The lowest BCUT2D eigenvalue weighted by molar-refractivity contribution is -0.896. The van der Waals surface area contributed by atoms with E-state index in [2.05, 4.69) is 106 Å². The van der Waals surface area contributed by atoms with Crippen LogP contribution in [-0.4, -0.2) is 209 Å². The monoisotopic (exact) mass is 1010 g/mol. The Morgan fingerprint density at radius 1 is 0.732 bits per heavy atom. The number of aliphatic imine (C=N–C) groups is 2. The van der Waals surface area contributed by atoms with E-state index in [9.17, 15) is 0 Å². The number of anilines is 1. The molecule has 10 rings (SSSR count). The second-order valence-corrected chi connectivity index (χ2v) is 22.0. The zero-order chi connectivity index (χ0) is 52.1. The van der Waals surface area contributed by atoms with Crippen LogP contribution in [-0.2, 0) is 0 Å². The summed E-state index contributed by atoms with van der Waals surface area (Å²) < 4.78 is 3.38. The van der Waals surface area contributed by atoms with E-state index in [0.717, 1.165) is 24.3 Å². The minimum absolute atomic E-state index is 0.371. The highest BCUT2D eigenvalue weighted by Crippen LogP contribution is 2.54. The molecule has 6 saturated heterocycles. The summed E-state index contributed by atoms with van der Waals surface area (Å²) in [4.78, 5) is 23.9. The van der Waals surface area contributed by atoms with Crippen LogP contribution in [0.25, 0.3) is 0 Å². The molecule has 1 spiro atoms. The molecule has 6 aliphatic heterocycles. The predicted molar refractivity (Wildman–Crippen MR) is 312 cm³/mol. The Labute approximate surface area is 442 Å². The van der Waals surface area contributed by atoms with Crippen molar-refractivity contribution in [3.8, 4) is 0 Å². The number of quaternary nitrogens is 1. The lowest BCUT2D eigenvalue weighted by Crippen LogP contribution is -2.63. The van der Waals surface area contributed by atoms with Gasteiger partial charge in [0.25, 0.3) is 0 Å². The highest BCUT2D eigenvalue weighted by atomic mass is 32.1. The van der Waals surface area contributed by atoms with Crippen LogP contribution in [0.15, 0.2) is 58.2 Å². The number of piperidine rings is 2. The number of hydrogen-bond donors (Lipinski definition) is 1. The molecular weight excluding hydrogens is 897 g/mol. The number of rotatable bonds is 13. The number of aromatic nitrogens is 2. The summed E-state index contributed by atoms with van der Waals surface area (Å²) in [6.07, 6.45) is 20.3. The first-order chi connectivity index (χ1) is 34.7. The molecule has 0 atom stereocenters. The van der Waals surface area contributed by atoms with E-state index in [-0.39, 0.29) is 0 Å². The molecular formula is C58H111N12S+. The lowest BCUT2D eigenvalue weighted by atomic mass is 9.60. The van der Waals surface area contributed by atoms with Gasteiger partial charge in [0.2, 0.25) is 0 Å². The van der Waals surface area contributed by atoms with E-state index in [1.807, 2.05) is 105 Å². The van der Waals surface area contributed by atoms with Crippen molar-refractivity contribution in [1.82, 2.24) is 39.6 Å². The molecule has 12 nitrogen and oxygen atoms in total. The Balaban J connectivity index is 0.000000258. The number of piperazine rings is 2. The zero-order valence-electron chi connectivity index (χ0n) is 48.3. The molecule has 8 fully saturated rings. The molecule has 408 valence electrons. The number of allylic oxidation sites excluding steroid dienone is 1. The van der Waals surface area contributed by atoms with Gasteiger partial charge in [-0.1, -0.05) is 69.2 Å². The Morgan fingerprint density at radius 2 is 1.30 bits per heavy atom. The fourth-order valence-corrected chi connectivity index (χ4v) is 12.1. The maximum Gasteiger partial charge on any atom is 0.0909 e. The normalized spacial score (nSPS) is 23.5. The molecule has 0 amide bonds. The number of nitrogens with zero attached hydrogens (tertiary/aromatic N) is 11. The van der Waals surface area contributed by atoms with Gasteiger partial charge in [-0.25, -0.2) is 0 Å². The van der Waals surface area contributed by atoms with Crippen molar-refractivity contribution in [2.24, 2.45) is 33.2 Å². The molecule has 0 unspecified atom stereocenters. The minimum Gasteiger partial charge on any atom is -0.361 e. The predicted octanol–water partition coefficient (Wildman–Crippen LogP) is 9.99. The molecule has 0 aromatic carbocycles. The molecule has 2 aromatic heterocycles. The van der Waals surface area contributed by atoms with Crippen LogP contribution in [0.5, 0.6) is 0 Å². The second kappa shape index (κ2) is 34.2. The van der Waals surface area contributed by atoms with Gasteiger partial charge in [-0.2, -0.15) is 5.10 Å². The molecule has 2 aliphatic carbocycles. The molecule has 0 bridgehead atoms. The third-order valence-electron chi connectivity index (χ3n) is 15.7. The molecule has 8 aliphatic rings. The van der Waals surface area contributed by atoms with Crippen LogP contribution in [0.1, 0.15) is 127 Å². The number of nitrogens with one attached hydrogen (secondary N) is 1. The quantitative estimate of drug-likeness (QED) is 0.157. The van der Waals surface area contributed by atoms with Gasteiger partial charge in [0.05, 0.1) is 44.8 Å². The maximum absolute atomic E-state index is 4.54. The van der Waals surface area contributed by atoms with E-state index >= 15 is 0 Å². The minimum atomic E-state index is 0.371. The Hall–Kier alpha value is -2.49. The first kappa shape index (κ1) is 62.8. The van der Waals surface area contributed by atoms with Crippen molar-refractivity contribution in [2.75, 3.05) is 157 Å². The molecule has 1 N–H and O–H groups in total. The number of likely N-dealkylation sites (tertiary alicyclic amines) is 3. The van der Waals surface area contributed by atoms with E-state index in [4.69, 9.17) is 0 Å². The first-order valence-corrected chi connectivity index (χ1v) is 30.1. The van der Waals surface area contributed by atoms with Gasteiger partial charge in [0.15, 0.2) is 0 Å². The van der Waals surface area contributed by atoms with Crippen molar-refractivity contribution in [3.05, 3.63) is 48.2 Å². The van der Waals surface area contributed by atoms with Crippen LogP contribution in [0.4, 0.5) is 5.00 Å². The van der Waals surface area contributed by atoms with E-state index in [1.54, 1.807) is 6.20 Å².